The summed E-state index contributed by atoms with van der Waals surface area (Å²) in [5.41, 5.74) is 0.974. The van der Waals surface area contributed by atoms with Crippen molar-refractivity contribution >= 4 is 29.6 Å². The van der Waals surface area contributed by atoms with E-state index < -0.39 is 5.82 Å². The Morgan fingerprint density at radius 1 is 1.17 bits per heavy atom. The quantitative estimate of drug-likeness (QED) is 0.345. The van der Waals surface area contributed by atoms with Crippen LogP contribution >= 0.6 is 11.6 Å². The molecule has 1 N–H and O–H groups in total. The van der Waals surface area contributed by atoms with Gasteiger partial charge < -0.3 is 19.5 Å². The summed E-state index contributed by atoms with van der Waals surface area (Å²) < 4.78 is 29.4. The molecule has 0 radical (unpaired) electrons. The van der Waals surface area contributed by atoms with Crippen LogP contribution in [0.15, 0.2) is 42.5 Å². The summed E-state index contributed by atoms with van der Waals surface area (Å²) in [7, 11) is 2.81. The third-order valence-corrected chi connectivity index (χ3v) is 4.49. The van der Waals surface area contributed by atoms with Crippen molar-refractivity contribution in [3.05, 3.63) is 64.4 Å². The predicted octanol–water partition coefficient (Wildman–Crippen LogP) is 4.15. The zero-order valence-corrected chi connectivity index (χ0v) is 17.5. The molecule has 0 aliphatic heterocycles. The predicted molar refractivity (Wildman–Crippen MR) is 112 cm³/mol. The highest BCUT2D eigenvalue weighted by atomic mass is 35.5. The minimum absolute atomic E-state index is 0.0506. The van der Waals surface area contributed by atoms with E-state index in [0.717, 1.165) is 0 Å². The Morgan fingerprint density at radius 3 is 2.67 bits per heavy atom. The number of hydrogen-bond acceptors (Lipinski definition) is 5. The van der Waals surface area contributed by atoms with Gasteiger partial charge in [-0.1, -0.05) is 23.7 Å². The van der Waals surface area contributed by atoms with Crippen molar-refractivity contribution in [1.29, 1.82) is 0 Å². The first kappa shape index (κ1) is 23.2. The molecule has 8 heteroatoms. The van der Waals surface area contributed by atoms with Crippen LogP contribution in [-0.4, -0.2) is 32.6 Å². The van der Waals surface area contributed by atoms with E-state index in [0.29, 0.717) is 30.0 Å². The number of ether oxygens (including phenoxy) is 3. The van der Waals surface area contributed by atoms with E-state index in [9.17, 15) is 14.0 Å². The molecule has 0 saturated carbocycles. The van der Waals surface area contributed by atoms with Crippen LogP contribution in [0.25, 0.3) is 6.08 Å². The Bertz CT molecular complexity index is 896. The monoisotopic (exact) mass is 435 g/mol. The minimum atomic E-state index is -0.446. The molecule has 2 aromatic rings. The van der Waals surface area contributed by atoms with E-state index in [2.05, 4.69) is 10.1 Å². The number of rotatable bonds is 10. The molecule has 2 rings (SSSR count). The van der Waals surface area contributed by atoms with Gasteiger partial charge in [0.25, 0.3) is 0 Å². The minimum Gasteiger partial charge on any atom is -0.493 e. The first-order valence-electron chi connectivity index (χ1n) is 9.21. The summed E-state index contributed by atoms with van der Waals surface area (Å²) in [5, 5.41) is 2.97. The van der Waals surface area contributed by atoms with E-state index in [1.54, 1.807) is 30.3 Å². The van der Waals surface area contributed by atoms with Crippen LogP contribution in [0.1, 0.15) is 24.0 Å². The fourth-order valence-electron chi connectivity index (χ4n) is 2.50. The standard InChI is InChI=1S/C22H23ClFNO5/c1-28-20-13-15(9-11-21(26)25-12-4-7-22(27)29-2)8-10-19(20)30-14-16-17(23)5-3-6-18(16)24/h3,5-6,8-11,13H,4,7,12,14H2,1-2H3,(H,25,26)/b11-9+. The molecule has 160 valence electrons. The fraction of sp³-hybridized carbons (Fsp3) is 0.273. The number of benzene rings is 2. The van der Waals surface area contributed by atoms with Gasteiger partial charge in [-0.3, -0.25) is 9.59 Å². The fourth-order valence-corrected chi connectivity index (χ4v) is 2.72. The van der Waals surface area contributed by atoms with E-state index in [1.165, 1.54) is 32.4 Å². The Hall–Kier alpha value is -3.06. The topological polar surface area (TPSA) is 73.9 Å². The van der Waals surface area contributed by atoms with Crippen molar-refractivity contribution in [3.8, 4) is 11.5 Å². The molecule has 0 heterocycles. The van der Waals surface area contributed by atoms with Crippen LogP contribution in [0, 0.1) is 5.82 Å². The number of esters is 1. The van der Waals surface area contributed by atoms with Gasteiger partial charge in [-0.15, -0.1) is 0 Å². The molecular weight excluding hydrogens is 413 g/mol. The van der Waals surface area contributed by atoms with Gasteiger partial charge in [0, 0.05) is 24.6 Å². The van der Waals surface area contributed by atoms with Crippen LogP contribution in [0.4, 0.5) is 4.39 Å². The average molecular weight is 436 g/mol. The summed E-state index contributed by atoms with van der Waals surface area (Å²) in [6.45, 7) is 0.317. The molecule has 30 heavy (non-hydrogen) atoms. The van der Waals surface area contributed by atoms with Crippen molar-refractivity contribution in [2.75, 3.05) is 20.8 Å². The van der Waals surface area contributed by atoms with Crippen molar-refractivity contribution in [2.24, 2.45) is 0 Å². The third kappa shape index (κ3) is 7.08. The summed E-state index contributed by atoms with van der Waals surface area (Å²) in [6, 6.07) is 9.53. The van der Waals surface area contributed by atoms with Gasteiger partial charge in [0.1, 0.15) is 12.4 Å². The average Bonchev–Trinajstić information content (AvgIpc) is 2.75. The molecule has 0 spiro atoms. The lowest BCUT2D eigenvalue weighted by Gasteiger charge is -2.12. The first-order valence-corrected chi connectivity index (χ1v) is 9.59. The normalized spacial score (nSPS) is 10.7. The van der Waals surface area contributed by atoms with Crippen LogP contribution in [0.3, 0.4) is 0 Å². The Balaban J connectivity index is 1.94. The second-order valence-electron chi connectivity index (χ2n) is 6.20. The second-order valence-corrected chi connectivity index (χ2v) is 6.61. The third-order valence-electron chi connectivity index (χ3n) is 4.13. The van der Waals surface area contributed by atoms with Gasteiger partial charge in [-0.2, -0.15) is 0 Å². The first-order chi connectivity index (χ1) is 14.4. The molecule has 0 aromatic heterocycles. The van der Waals surface area contributed by atoms with Gasteiger partial charge in [0.15, 0.2) is 11.5 Å². The second kappa shape index (κ2) is 11.8. The summed E-state index contributed by atoms with van der Waals surface area (Å²) in [4.78, 5) is 22.9. The van der Waals surface area contributed by atoms with Crippen molar-refractivity contribution in [3.63, 3.8) is 0 Å². The molecule has 0 bridgehead atoms. The highest BCUT2D eigenvalue weighted by Gasteiger charge is 2.10. The van der Waals surface area contributed by atoms with Crippen molar-refractivity contribution < 1.29 is 28.2 Å². The molecule has 0 unspecified atom stereocenters. The van der Waals surface area contributed by atoms with E-state index in [1.807, 2.05) is 0 Å². The van der Waals surface area contributed by atoms with Crippen LogP contribution < -0.4 is 14.8 Å². The number of carbonyl (C=O) groups excluding carboxylic acids is 2. The molecule has 0 aliphatic rings. The lowest BCUT2D eigenvalue weighted by atomic mass is 10.2. The Morgan fingerprint density at radius 2 is 1.97 bits per heavy atom. The van der Waals surface area contributed by atoms with Crippen molar-refractivity contribution in [1.82, 2.24) is 5.32 Å². The molecular formula is C22H23ClFNO5. The molecule has 0 aliphatic carbocycles. The maximum Gasteiger partial charge on any atom is 0.305 e. The largest absolute Gasteiger partial charge is 0.493 e. The van der Waals surface area contributed by atoms with E-state index in [4.69, 9.17) is 21.1 Å². The maximum absolute atomic E-state index is 13.9. The number of amides is 1. The molecule has 2 aromatic carbocycles. The summed E-state index contributed by atoms with van der Waals surface area (Å²) in [5.74, 6) is -0.192. The highest BCUT2D eigenvalue weighted by molar-refractivity contribution is 6.31. The van der Waals surface area contributed by atoms with Gasteiger partial charge in [0.2, 0.25) is 5.91 Å². The smallest absolute Gasteiger partial charge is 0.305 e. The molecule has 6 nitrogen and oxygen atoms in total. The zero-order chi connectivity index (χ0) is 21.9. The number of nitrogens with one attached hydrogen (secondary N) is 1. The number of hydrogen-bond donors (Lipinski definition) is 1. The van der Waals surface area contributed by atoms with E-state index >= 15 is 0 Å². The maximum atomic E-state index is 13.9. The van der Waals surface area contributed by atoms with Gasteiger partial charge in [-0.25, -0.2) is 4.39 Å². The molecule has 1 amide bonds. The van der Waals surface area contributed by atoms with Crippen LogP contribution in [0.5, 0.6) is 11.5 Å². The summed E-state index contributed by atoms with van der Waals surface area (Å²) >= 11 is 6.01. The number of methoxy groups -OCH3 is 2. The van der Waals surface area contributed by atoms with Crippen molar-refractivity contribution in [2.45, 2.75) is 19.4 Å². The lowest BCUT2D eigenvalue weighted by molar-refractivity contribution is -0.140. The zero-order valence-electron chi connectivity index (χ0n) is 16.7. The van der Waals surface area contributed by atoms with Gasteiger partial charge in [-0.05, 0) is 42.3 Å². The summed E-state index contributed by atoms with van der Waals surface area (Å²) in [6.07, 6.45) is 3.75. The molecule has 0 fully saturated rings. The number of carbonyl (C=O) groups is 2. The highest BCUT2D eigenvalue weighted by Crippen LogP contribution is 2.30. The van der Waals surface area contributed by atoms with Crippen LogP contribution in [-0.2, 0) is 20.9 Å². The Kier molecular flexibility index (Phi) is 9.15. The molecule has 0 saturated heterocycles. The molecule has 0 atom stereocenters. The van der Waals surface area contributed by atoms with Crippen LogP contribution in [0.2, 0.25) is 5.02 Å². The van der Waals surface area contributed by atoms with E-state index in [-0.39, 0.29) is 35.5 Å². The van der Waals surface area contributed by atoms with Gasteiger partial charge >= 0.3 is 5.97 Å². The lowest BCUT2D eigenvalue weighted by Crippen LogP contribution is -2.22. The SMILES string of the molecule is COC(=O)CCCNC(=O)/C=C/c1ccc(OCc2c(F)cccc2Cl)c(OC)c1. The Labute approximate surface area is 179 Å². The van der Waals surface area contributed by atoms with Gasteiger partial charge in [0.05, 0.1) is 19.2 Å². The number of halogens is 2.